The van der Waals surface area contributed by atoms with Crippen LogP contribution in [-0.2, 0) is 16.6 Å². The van der Waals surface area contributed by atoms with E-state index in [0.717, 1.165) is 16.9 Å². The van der Waals surface area contributed by atoms with Crippen molar-refractivity contribution in [2.75, 3.05) is 11.9 Å². The number of carbonyl (C=O) groups excluding carboxylic acids is 1. The van der Waals surface area contributed by atoms with Gasteiger partial charge in [-0.25, -0.2) is 0 Å². The Kier molecular flexibility index (Phi) is 2.76. The number of fused-ring (bicyclic) bond motifs is 4. The molecule has 7 heteroatoms. The maximum atomic E-state index is 13.4. The van der Waals surface area contributed by atoms with E-state index in [1.54, 1.807) is 11.9 Å². The summed E-state index contributed by atoms with van der Waals surface area (Å²) in [7, 11) is 1.70. The minimum absolute atomic E-state index is 0.0855. The molecule has 1 amide bonds. The summed E-state index contributed by atoms with van der Waals surface area (Å²) < 4.78 is 5.52. The second-order valence-electron chi connectivity index (χ2n) is 5.82. The number of nitriles is 1. The number of benzene rings is 1. The minimum atomic E-state index is -1.31. The van der Waals surface area contributed by atoms with E-state index in [1.807, 2.05) is 31.2 Å². The minimum Gasteiger partial charge on any atom is -0.420 e. The van der Waals surface area contributed by atoms with Crippen LogP contribution in [0.15, 0.2) is 35.7 Å². The van der Waals surface area contributed by atoms with Gasteiger partial charge in [0, 0.05) is 24.0 Å². The lowest BCUT2D eigenvalue weighted by molar-refractivity contribution is -0.120. The third kappa shape index (κ3) is 1.41. The quantitative estimate of drug-likeness (QED) is 0.823. The average Bonchev–Trinajstić information content (AvgIpc) is 3.10. The summed E-state index contributed by atoms with van der Waals surface area (Å²) >= 11 is 0. The highest BCUT2D eigenvalue weighted by molar-refractivity contribution is 6.14. The van der Waals surface area contributed by atoms with Crippen LogP contribution in [0.1, 0.15) is 23.7 Å². The number of hydrogen-bond acceptors (Lipinski definition) is 5. The molecule has 0 aliphatic carbocycles. The van der Waals surface area contributed by atoms with E-state index in [-0.39, 0.29) is 23.2 Å². The first-order valence-electron chi connectivity index (χ1n) is 7.60. The van der Waals surface area contributed by atoms with Gasteiger partial charge in [-0.3, -0.25) is 9.89 Å². The summed E-state index contributed by atoms with van der Waals surface area (Å²) in [5.41, 5.74) is 7.58. The number of carbonyl (C=O) groups is 1. The van der Waals surface area contributed by atoms with E-state index in [4.69, 9.17) is 10.5 Å². The van der Waals surface area contributed by atoms with Crippen LogP contribution in [0.4, 0.5) is 5.69 Å². The third-order valence-electron chi connectivity index (χ3n) is 4.77. The highest BCUT2D eigenvalue weighted by Crippen LogP contribution is 2.55. The fourth-order valence-corrected chi connectivity index (χ4v) is 3.72. The van der Waals surface area contributed by atoms with Gasteiger partial charge in [0.15, 0.2) is 0 Å². The maximum Gasteiger partial charge on any atom is 0.247 e. The number of H-pyrrole nitrogens is 1. The van der Waals surface area contributed by atoms with Crippen LogP contribution in [0.5, 0.6) is 5.88 Å². The van der Waals surface area contributed by atoms with Gasteiger partial charge in [0.2, 0.25) is 17.7 Å². The standard InChI is InChI=1S/C17H15N5O2/c1-3-11-13-15(21-20-11)24-14(19)10(8-18)17(13)9-6-4-5-7-12(9)22(2)16(17)23/h4-7H,3,19H2,1-2H3,(H,20,21)/t17-/m1/s1. The molecule has 0 bridgehead atoms. The second kappa shape index (κ2) is 4.61. The van der Waals surface area contributed by atoms with Crippen molar-refractivity contribution in [1.29, 1.82) is 5.26 Å². The maximum absolute atomic E-state index is 13.4. The van der Waals surface area contributed by atoms with Gasteiger partial charge < -0.3 is 15.4 Å². The summed E-state index contributed by atoms with van der Waals surface area (Å²) in [6.07, 6.45) is 0.616. The molecule has 1 spiro atoms. The molecule has 24 heavy (non-hydrogen) atoms. The zero-order valence-electron chi connectivity index (χ0n) is 13.3. The Morgan fingerprint density at radius 2 is 2.21 bits per heavy atom. The summed E-state index contributed by atoms with van der Waals surface area (Å²) in [5, 5.41) is 16.8. The number of aryl methyl sites for hydroxylation is 1. The van der Waals surface area contributed by atoms with Gasteiger partial charge in [-0.05, 0) is 12.5 Å². The number of anilines is 1. The Hall–Kier alpha value is -3.27. The van der Waals surface area contributed by atoms with Gasteiger partial charge in [-0.15, -0.1) is 5.10 Å². The molecule has 2 aromatic rings. The lowest BCUT2D eigenvalue weighted by Crippen LogP contribution is -2.45. The number of aromatic nitrogens is 2. The third-order valence-corrected chi connectivity index (χ3v) is 4.77. The van der Waals surface area contributed by atoms with Gasteiger partial charge in [-0.2, -0.15) is 5.26 Å². The molecule has 0 saturated carbocycles. The molecule has 3 N–H and O–H groups in total. The van der Waals surface area contributed by atoms with E-state index in [2.05, 4.69) is 16.3 Å². The van der Waals surface area contributed by atoms with Crippen LogP contribution >= 0.6 is 0 Å². The molecule has 120 valence electrons. The zero-order valence-corrected chi connectivity index (χ0v) is 13.3. The van der Waals surface area contributed by atoms with E-state index in [1.165, 1.54) is 0 Å². The van der Waals surface area contributed by atoms with E-state index < -0.39 is 5.41 Å². The molecule has 7 nitrogen and oxygen atoms in total. The molecule has 2 aliphatic rings. The first kappa shape index (κ1) is 14.3. The molecule has 4 rings (SSSR count). The summed E-state index contributed by atoms with van der Waals surface area (Å²) in [6, 6.07) is 9.51. The predicted molar refractivity (Wildman–Crippen MR) is 86.1 cm³/mol. The number of nitrogens with zero attached hydrogens (tertiary/aromatic N) is 3. The SMILES string of the molecule is CCc1[nH]nc2c1[C@]1(C(=O)N(C)c3ccccc31)C(C#N)=C(N)O2. The number of para-hydroxylation sites is 1. The summed E-state index contributed by atoms with van der Waals surface area (Å²) in [5.74, 6) is -0.0664. The van der Waals surface area contributed by atoms with Crippen molar-refractivity contribution in [3.05, 3.63) is 52.5 Å². The Labute approximate surface area is 138 Å². The molecule has 2 aliphatic heterocycles. The zero-order chi connectivity index (χ0) is 17.1. The monoisotopic (exact) mass is 321 g/mol. The van der Waals surface area contributed by atoms with Crippen molar-refractivity contribution in [2.24, 2.45) is 5.73 Å². The largest absolute Gasteiger partial charge is 0.420 e. The lowest BCUT2D eigenvalue weighted by atomic mass is 9.69. The van der Waals surface area contributed by atoms with Crippen molar-refractivity contribution in [1.82, 2.24) is 10.2 Å². The number of ether oxygens (including phenoxy) is 1. The van der Waals surface area contributed by atoms with Crippen LogP contribution in [0.3, 0.4) is 0 Å². The Balaban J connectivity index is 2.19. The van der Waals surface area contributed by atoms with Gasteiger partial charge in [-0.1, -0.05) is 25.1 Å². The van der Waals surface area contributed by atoms with Crippen molar-refractivity contribution in [3.63, 3.8) is 0 Å². The van der Waals surface area contributed by atoms with Gasteiger partial charge in [0.1, 0.15) is 17.1 Å². The highest BCUT2D eigenvalue weighted by Gasteiger charge is 2.60. The smallest absolute Gasteiger partial charge is 0.247 e. The number of nitrogens with two attached hydrogens (primary N) is 1. The molecule has 0 saturated heterocycles. The van der Waals surface area contributed by atoms with Crippen molar-refractivity contribution in [3.8, 4) is 11.9 Å². The van der Waals surface area contributed by atoms with Crippen molar-refractivity contribution < 1.29 is 9.53 Å². The number of rotatable bonds is 1. The van der Waals surface area contributed by atoms with Crippen LogP contribution in [0.25, 0.3) is 0 Å². The molecular weight excluding hydrogens is 306 g/mol. The fraction of sp³-hybridized carbons (Fsp3) is 0.235. The van der Waals surface area contributed by atoms with Crippen LogP contribution in [-0.4, -0.2) is 23.2 Å². The fourth-order valence-electron chi connectivity index (χ4n) is 3.72. The van der Waals surface area contributed by atoms with E-state index in [0.29, 0.717) is 12.0 Å². The predicted octanol–water partition coefficient (Wildman–Crippen LogP) is 1.32. The first-order valence-corrected chi connectivity index (χ1v) is 7.60. The molecule has 1 atom stereocenters. The molecule has 1 aromatic heterocycles. The number of nitrogens with one attached hydrogen (secondary N) is 1. The molecule has 0 unspecified atom stereocenters. The van der Waals surface area contributed by atoms with Gasteiger partial charge in [0.05, 0.1) is 5.56 Å². The van der Waals surface area contributed by atoms with Crippen molar-refractivity contribution in [2.45, 2.75) is 18.8 Å². The Morgan fingerprint density at radius 1 is 1.46 bits per heavy atom. The normalized spacial score (nSPS) is 21.5. The topological polar surface area (TPSA) is 108 Å². The van der Waals surface area contributed by atoms with E-state index >= 15 is 0 Å². The second-order valence-corrected chi connectivity index (χ2v) is 5.82. The molecular formula is C17H15N5O2. The molecule has 3 heterocycles. The van der Waals surface area contributed by atoms with Crippen LogP contribution in [0.2, 0.25) is 0 Å². The summed E-state index contributed by atoms with van der Waals surface area (Å²) in [6.45, 7) is 1.95. The van der Waals surface area contributed by atoms with E-state index in [9.17, 15) is 10.1 Å². The molecule has 1 aromatic carbocycles. The van der Waals surface area contributed by atoms with Crippen LogP contribution < -0.4 is 15.4 Å². The number of aromatic amines is 1. The first-order chi connectivity index (χ1) is 11.6. The molecule has 0 fully saturated rings. The lowest BCUT2D eigenvalue weighted by Gasteiger charge is -2.32. The highest BCUT2D eigenvalue weighted by atomic mass is 16.5. The van der Waals surface area contributed by atoms with Gasteiger partial charge >= 0.3 is 0 Å². The number of hydrogen-bond donors (Lipinski definition) is 2. The summed E-state index contributed by atoms with van der Waals surface area (Å²) in [4.78, 5) is 14.9. The number of amides is 1. The average molecular weight is 321 g/mol. The van der Waals surface area contributed by atoms with Crippen molar-refractivity contribution >= 4 is 11.6 Å². The Morgan fingerprint density at radius 3 is 2.92 bits per heavy atom. The van der Waals surface area contributed by atoms with Gasteiger partial charge in [0.25, 0.3) is 0 Å². The van der Waals surface area contributed by atoms with Crippen LogP contribution in [0, 0.1) is 11.3 Å². The number of likely N-dealkylation sites (N-methyl/N-ethyl adjacent to an activating group) is 1. The molecule has 0 radical (unpaired) electrons. The Bertz CT molecular complexity index is 952.